The van der Waals surface area contributed by atoms with Crippen molar-refractivity contribution in [1.29, 1.82) is 0 Å². The third-order valence-corrected chi connectivity index (χ3v) is 3.35. The molecule has 1 aliphatic heterocycles. The van der Waals surface area contributed by atoms with E-state index in [4.69, 9.17) is 9.47 Å². The number of hydrogen-bond donors (Lipinski definition) is 0. The van der Waals surface area contributed by atoms with Gasteiger partial charge in [0.2, 0.25) is 12.2 Å². The Kier molecular flexibility index (Phi) is 4.27. The van der Waals surface area contributed by atoms with Crippen molar-refractivity contribution in [2.45, 2.75) is 33.0 Å². The van der Waals surface area contributed by atoms with Crippen molar-refractivity contribution in [2.75, 3.05) is 13.1 Å². The van der Waals surface area contributed by atoms with Crippen molar-refractivity contribution < 1.29 is 19.1 Å². The number of fused-ring (bicyclic) bond motifs is 1. The summed E-state index contributed by atoms with van der Waals surface area (Å²) in [4.78, 5) is 25.8. The molecule has 20 heavy (non-hydrogen) atoms. The van der Waals surface area contributed by atoms with Crippen LogP contribution in [0.3, 0.4) is 0 Å². The molecule has 0 aliphatic carbocycles. The van der Waals surface area contributed by atoms with Gasteiger partial charge in [-0.3, -0.25) is 9.59 Å². The molecule has 1 heterocycles. The number of para-hydroxylation sites is 2. The SMILES string of the molecule is CCN(CC)C(=O)[C@H]1Oc2ccccc2O[C@@H]1C(C)=O. The van der Waals surface area contributed by atoms with Crippen molar-refractivity contribution in [1.82, 2.24) is 4.90 Å². The van der Waals surface area contributed by atoms with Gasteiger partial charge in [-0.15, -0.1) is 0 Å². The molecular formula is C15H19NO4. The van der Waals surface area contributed by atoms with E-state index in [1.54, 1.807) is 29.2 Å². The van der Waals surface area contributed by atoms with Gasteiger partial charge in [0.1, 0.15) is 0 Å². The van der Waals surface area contributed by atoms with Gasteiger partial charge in [0.05, 0.1) is 0 Å². The molecule has 5 nitrogen and oxygen atoms in total. The molecule has 0 aromatic heterocycles. The van der Waals surface area contributed by atoms with Crippen LogP contribution in [0.15, 0.2) is 24.3 Å². The third kappa shape index (κ3) is 2.61. The van der Waals surface area contributed by atoms with Crippen LogP contribution in [0.2, 0.25) is 0 Å². The van der Waals surface area contributed by atoms with Gasteiger partial charge < -0.3 is 14.4 Å². The molecule has 0 radical (unpaired) electrons. The summed E-state index contributed by atoms with van der Waals surface area (Å²) >= 11 is 0. The lowest BCUT2D eigenvalue weighted by molar-refractivity contribution is -0.150. The Hall–Kier alpha value is -2.04. The molecule has 0 spiro atoms. The number of ketones is 1. The number of nitrogens with zero attached hydrogens (tertiary/aromatic N) is 1. The maximum atomic E-state index is 12.5. The third-order valence-electron chi connectivity index (χ3n) is 3.35. The van der Waals surface area contributed by atoms with Gasteiger partial charge in [-0.2, -0.15) is 0 Å². The first-order valence-corrected chi connectivity index (χ1v) is 6.80. The zero-order valence-electron chi connectivity index (χ0n) is 12.0. The molecule has 2 rings (SSSR count). The van der Waals surface area contributed by atoms with E-state index in [9.17, 15) is 9.59 Å². The lowest BCUT2D eigenvalue weighted by atomic mass is 10.1. The normalized spacial score (nSPS) is 20.4. The van der Waals surface area contributed by atoms with Crippen molar-refractivity contribution in [3.63, 3.8) is 0 Å². The molecular weight excluding hydrogens is 258 g/mol. The number of carbonyl (C=O) groups excluding carboxylic acids is 2. The maximum absolute atomic E-state index is 12.5. The van der Waals surface area contributed by atoms with Crippen LogP contribution >= 0.6 is 0 Å². The first-order valence-electron chi connectivity index (χ1n) is 6.80. The maximum Gasteiger partial charge on any atom is 0.268 e. The van der Waals surface area contributed by atoms with Crippen LogP contribution in [-0.2, 0) is 9.59 Å². The number of rotatable bonds is 4. The minimum atomic E-state index is -0.915. The van der Waals surface area contributed by atoms with Crippen LogP contribution in [0.5, 0.6) is 11.5 Å². The molecule has 0 N–H and O–H groups in total. The molecule has 2 atom stereocenters. The number of amides is 1. The lowest BCUT2D eigenvalue weighted by Crippen LogP contribution is -2.54. The average molecular weight is 277 g/mol. The highest BCUT2D eigenvalue weighted by molar-refractivity contribution is 5.92. The van der Waals surface area contributed by atoms with E-state index in [0.717, 1.165) is 0 Å². The summed E-state index contributed by atoms with van der Waals surface area (Å²) in [6.07, 6.45) is -1.81. The summed E-state index contributed by atoms with van der Waals surface area (Å²) in [5, 5.41) is 0. The van der Waals surface area contributed by atoms with Crippen molar-refractivity contribution >= 4 is 11.7 Å². The molecule has 0 unspecified atom stereocenters. The topological polar surface area (TPSA) is 55.8 Å². The van der Waals surface area contributed by atoms with Gasteiger partial charge in [-0.05, 0) is 32.9 Å². The first kappa shape index (κ1) is 14.4. The molecule has 1 aromatic rings. The zero-order valence-corrected chi connectivity index (χ0v) is 12.0. The summed E-state index contributed by atoms with van der Waals surface area (Å²) in [5.74, 6) is 0.557. The lowest BCUT2D eigenvalue weighted by Gasteiger charge is -2.34. The van der Waals surface area contributed by atoms with Gasteiger partial charge in [-0.1, -0.05) is 12.1 Å². The molecule has 0 saturated carbocycles. The molecule has 0 saturated heterocycles. The molecule has 1 aliphatic rings. The summed E-state index contributed by atoms with van der Waals surface area (Å²) < 4.78 is 11.4. The van der Waals surface area contributed by atoms with E-state index < -0.39 is 12.2 Å². The Morgan fingerprint density at radius 2 is 1.55 bits per heavy atom. The monoisotopic (exact) mass is 277 g/mol. The Labute approximate surface area is 118 Å². The Morgan fingerprint density at radius 1 is 1.05 bits per heavy atom. The van der Waals surface area contributed by atoms with Crippen molar-refractivity contribution in [3.8, 4) is 11.5 Å². The fraction of sp³-hybridized carbons (Fsp3) is 0.467. The highest BCUT2D eigenvalue weighted by Crippen LogP contribution is 2.34. The highest BCUT2D eigenvalue weighted by atomic mass is 16.6. The minimum absolute atomic E-state index is 0.218. The van der Waals surface area contributed by atoms with E-state index in [1.807, 2.05) is 13.8 Å². The number of benzene rings is 1. The summed E-state index contributed by atoms with van der Waals surface area (Å²) in [5.41, 5.74) is 0. The second-order valence-electron chi connectivity index (χ2n) is 4.64. The Balaban J connectivity index is 2.31. The number of carbonyl (C=O) groups is 2. The number of Topliss-reactive ketones (excluding diaryl/α,β-unsaturated/α-hetero) is 1. The van der Waals surface area contributed by atoms with Gasteiger partial charge >= 0.3 is 0 Å². The standard InChI is InChI=1S/C15H19NO4/c1-4-16(5-2)15(18)14-13(10(3)17)19-11-8-6-7-9-12(11)20-14/h6-9,13-14H,4-5H2,1-3H3/t13-,14+/m1/s1. The second-order valence-corrected chi connectivity index (χ2v) is 4.64. The molecule has 0 fully saturated rings. The van der Waals surface area contributed by atoms with E-state index in [0.29, 0.717) is 24.6 Å². The van der Waals surface area contributed by atoms with Gasteiger partial charge in [0.15, 0.2) is 17.3 Å². The van der Waals surface area contributed by atoms with E-state index in [-0.39, 0.29) is 11.7 Å². The van der Waals surface area contributed by atoms with Crippen LogP contribution < -0.4 is 9.47 Å². The first-order chi connectivity index (χ1) is 9.58. The van der Waals surface area contributed by atoms with E-state index in [2.05, 4.69) is 0 Å². The molecule has 1 amide bonds. The van der Waals surface area contributed by atoms with E-state index >= 15 is 0 Å². The fourth-order valence-electron chi connectivity index (χ4n) is 2.23. The summed E-state index contributed by atoms with van der Waals surface area (Å²) in [6.45, 7) is 6.33. The molecule has 5 heteroatoms. The molecule has 1 aromatic carbocycles. The number of ether oxygens (including phenoxy) is 2. The molecule has 108 valence electrons. The minimum Gasteiger partial charge on any atom is -0.474 e. The largest absolute Gasteiger partial charge is 0.474 e. The van der Waals surface area contributed by atoms with Crippen LogP contribution in [0.25, 0.3) is 0 Å². The fourth-order valence-corrected chi connectivity index (χ4v) is 2.23. The average Bonchev–Trinajstić information content (AvgIpc) is 2.46. The smallest absolute Gasteiger partial charge is 0.268 e. The van der Waals surface area contributed by atoms with Crippen molar-refractivity contribution in [3.05, 3.63) is 24.3 Å². The predicted octanol–water partition coefficient (Wildman–Crippen LogP) is 1.65. The Morgan fingerprint density at radius 3 is 2.00 bits per heavy atom. The highest BCUT2D eigenvalue weighted by Gasteiger charge is 2.41. The van der Waals surface area contributed by atoms with Crippen LogP contribution in [-0.4, -0.2) is 41.9 Å². The van der Waals surface area contributed by atoms with Gasteiger partial charge in [0.25, 0.3) is 5.91 Å². The van der Waals surface area contributed by atoms with Crippen LogP contribution in [0.4, 0.5) is 0 Å². The number of hydrogen-bond acceptors (Lipinski definition) is 4. The van der Waals surface area contributed by atoms with Crippen LogP contribution in [0, 0.1) is 0 Å². The Bertz CT molecular complexity index is 510. The summed E-state index contributed by atoms with van der Waals surface area (Å²) in [6, 6.07) is 7.05. The van der Waals surface area contributed by atoms with Gasteiger partial charge in [0, 0.05) is 13.1 Å². The molecule has 0 bridgehead atoms. The zero-order chi connectivity index (χ0) is 14.7. The second kappa shape index (κ2) is 5.94. The van der Waals surface area contributed by atoms with Crippen molar-refractivity contribution in [2.24, 2.45) is 0 Å². The van der Waals surface area contributed by atoms with Gasteiger partial charge in [-0.25, -0.2) is 0 Å². The summed E-state index contributed by atoms with van der Waals surface area (Å²) in [7, 11) is 0. The van der Waals surface area contributed by atoms with E-state index in [1.165, 1.54) is 6.92 Å². The quantitative estimate of drug-likeness (QED) is 0.839. The number of likely N-dealkylation sites (N-methyl/N-ethyl adjacent to an activating group) is 1. The predicted molar refractivity (Wildman–Crippen MR) is 73.9 cm³/mol. The van der Waals surface area contributed by atoms with Crippen LogP contribution in [0.1, 0.15) is 20.8 Å².